The summed E-state index contributed by atoms with van der Waals surface area (Å²) in [5, 5.41) is 11.5. The Balaban J connectivity index is 2.66. The zero-order valence-corrected chi connectivity index (χ0v) is 12.4. The molecule has 5 nitrogen and oxygen atoms in total. The molecule has 0 aliphatic heterocycles. The van der Waals surface area contributed by atoms with Gasteiger partial charge in [0.05, 0.1) is 5.56 Å². The molecule has 1 rings (SSSR count). The molecule has 108 valence electrons. The Morgan fingerprint density at radius 2 is 2.35 bits per heavy atom. The van der Waals surface area contributed by atoms with Gasteiger partial charge in [-0.1, -0.05) is 18.8 Å². The molecular weight excluding hydrogens is 276 g/mol. The van der Waals surface area contributed by atoms with Gasteiger partial charge in [-0.2, -0.15) is 0 Å². The lowest BCUT2D eigenvalue weighted by molar-refractivity contribution is 0.0948. The van der Waals surface area contributed by atoms with Gasteiger partial charge in [-0.25, -0.2) is 4.98 Å². The number of amides is 1. The number of pyridine rings is 1. The molecule has 0 saturated carbocycles. The summed E-state index contributed by atoms with van der Waals surface area (Å²) in [5.74, 6) is 4.87. The number of carbonyl (C=O) groups is 1. The fraction of sp³-hybridized carbons (Fsp3) is 0.429. The van der Waals surface area contributed by atoms with Crippen molar-refractivity contribution in [2.75, 3.05) is 19.4 Å². The van der Waals surface area contributed by atoms with E-state index in [-0.39, 0.29) is 23.5 Å². The average Bonchev–Trinajstić information content (AvgIpc) is 2.45. The van der Waals surface area contributed by atoms with Crippen LogP contribution in [0.4, 0.5) is 0 Å². The highest BCUT2D eigenvalue weighted by atomic mass is 32.2. The number of nitrogens with one attached hydrogen (secondary N) is 1. The van der Waals surface area contributed by atoms with Crippen LogP contribution in [0.25, 0.3) is 0 Å². The molecule has 2 N–H and O–H groups in total. The lowest BCUT2D eigenvalue weighted by Crippen LogP contribution is -2.28. The first kappa shape index (κ1) is 16.3. The van der Waals surface area contributed by atoms with Crippen molar-refractivity contribution < 1.29 is 14.1 Å². The molecule has 0 aliphatic rings. The Morgan fingerprint density at radius 1 is 1.60 bits per heavy atom. The molecule has 1 amide bonds. The van der Waals surface area contributed by atoms with Gasteiger partial charge < -0.3 is 10.4 Å². The van der Waals surface area contributed by atoms with Crippen molar-refractivity contribution in [2.45, 2.75) is 18.6 Å². The van der Waals surface area contributed by atoms with Crippen LogP contribution in [0.2, 0.25) is 0 Å². The molecule has 0 aromatic carbocycles. The molecule has 0 bridgehead atoms. The van der Waals surface area contributed by atoms with Gasteiger partial charge in [0.1, 0.15) is 12.3 Å². The molecule has 1 heterocycles. The summed E-state index contributed by atoms with van der Waals surface area (Å²) < 4.78 is 11.2. The molecule has 0 radical (unpaired) electrons. The van der Waals surface area contributed by atoms with Gasteiger partial charge in [0.15, 0.2) is 0 Å². The number of aliphatic hydroxyl groups is 1. The van der Waals surface area contributed by atoms with Crippen molar-refractivity contribution in [2.24, 2.45) is 0 Å². The molecule has 2 atom stereocenters. The van der Waals surface area contributed by atoms with Gasteiger partial charge >= 0.3 is 0 Å². The van der Waals surface area contributed by atoms with Crippen LogP contribution < -0.4 is 5.32 Å². The number of hydrogen-bond donors (Lipinski definition) is 2. The van der Waals surface area contributed by atoms with Gasteiger partial charge in [0, 0.05) is 35.0 Å². The maximum atomic E-state index is 12.0. The second-order valence-corrected chi connectivity index (χ2v) is 6.02. The van der Waals surface area contributed by atoms with Crippen molar-refractivity contribution in [3.05, 3.63) is 29.6 Å². The number of nitrogens with zero attached hydrogens (tertiary/aromatic N) is 1. The minimum Gasteiger partial charge on any atom is -0.384 e. The van der Waals surface area contributed by atoms with Gasteiger partial charge in [0.25, 0.3) is 5.91 Å². The lowest BCUT2D eigenvalue weighted by atomic mass is 10.2. The quantitative estimate of drug-likeness (QED) is 0.766. The summed E-state index contributed by atoms with van der Waals surface area (Å²) in [6.07, 6.45) is 3.80. The van der Waals surface area contributed by atoms with Crippen molar-refractivity contribution in [3.8, 4) is 11.8 Å². The first-order valence-corrected chi connectivity index (χ1v) is 7.83. The van der Waals surface area contributed by atoms with E-state index >= 15 is 0 Å². The second kappa shape index (κ2) is 8.46. The molecule has 6 heteroatoms. The number of hydrogen-bond acceptors (Lipinski definition) is 4. The van der Waals surface area contributed by atoms with Crippen molar-refractivity contribution in [1.29, 1.82) is 0 Å². The highest BCUT2D eigenvalue weighted by Crippen LogP contribution is 2.04. The van der Waals surface area contributed by atoms with Crippen LogP contribution in [0.1, 0.15) is 29.4 Å². The monoisotopic (exact) mass is 294 g/mol. The normalized spacial score (nSPS) is 12.9. The van der Waals surface area contributed by atoms with Crippen molar-refractivity contribution in [1.82, 2.24) is 10.3 Å². The minimum absolute atomic E-state index is 0.0349. The maximum absolute atomic E-state index is 12.0. The highest BCUT2D eigenvalue weighted by Gasteiger charge is 2.12. The first-order valence-electron chi connectivity index (χ1n) is 6.21. The predicted molar refractivity (Wildman–Crippen MR) is 78.7 cm³/mol. The van der Waals surface area contributed by atoms with Crippen LogP contribution in [-0.4, -0.2) is 44.9 Å². The SMILES string of the molecule is CC(CCNC(=O)c1ncccc1C#CCO)S(C)=O. The van der Waals surface area contributed by atoms with Crippen molar-refractivity contribution >= 4 is 16.7 Å². The molecule has 1 aromatic rings. The van der Waals surface area contributed by atoms with E-state index in [2.05, 4.69) is 22.1 Å². The van der Waals surface area contributed by atoms with Crippen LogP contribution in [0.5, 0.6) is 0 Å². The number of rotatable bonds is 5. The summed E-state index contributed by atoms with van der Waals surface area (Å²) in [6, 6.07) is 3.36. The topological polar surface area (TPSA) is 79.3 Å². The van der Waals surface area contributed by atoms with Crippen molar-refractivity contribution in [3.63, 3.8) is 0 Å². The number of carbonyl (C=O) groups excluding carboxylic acids is 1. The van der Waals surface area contributed by atoms with Crippen LogP contribution in [-0.2, 0) is 10.8 Å². The zero-order chi connectivity index (χ0) is 15.0. The third-order valence-corrected chi connectivity index (χ3v) is 4.10. The van der Waals surface area contributed by atoms with E-state index in [0.29, 0.717) is 18.5 Å². The minimum atomic E-state index is -0.895. The first-order chi connectivity index (χ1) is 9.56. The lowest BCUT2D eigenvalue weighted by Gasteiger charge is -2.09. The average molecular weight is 294 g/mol. The molecular formula is C14H18N2O3S. The molecule has 0 aliphatic carbocycles. The summed E-state index contributed by atoms with van der Waals surface area (Å²) in [5.41, 5.74) is 0.713. The zero-order valence-electron chi connectivity index (χ0n) is 11.5. The van der Waals surface area contributed by atoms with Crippen LogP contribution >= 0.6 is 0 Å². The molecule has 0 fully saturated rings. The molecule has 1 aromatic heterocycles. The smallest absolute Gasteiger partial charge is 0.271 e. The molecule has 0 spiro atoms. The third kappa shape index (κ3) is 5.11. The fourth-order valence-corrected chi connectivity index (χ4v) is 1.91. The Morgan fingerprint density at radius 3 is 3.00 bits per heavy atom. The summed E-state index contributed by atoms with van der Waals surface area (Å²) in [4.78, 5) is 16.0. The molecule has 2 unspecified atom stereocenters. The van der Waals surface area contributed by atoms with Gasteiger partial charge in [-0.05, 0) is 18.6 Å². The van der Waals surface area contributed by atoms with E-state index in [9.17, 15) is 9.00 Å². The third-order valence-electron chi connectivity index (χ3n) is 2.73. The Kier molecular flexibility index (Phi) is 6.91. The summed E-state index contributed by atoms with van der Waals surface area (Å²) >= 11 is 0. The standard InChI is InChI=1S/C14H18N2O3S/c1-11(20(2)19)7-9-16-14(18)13-12(6-4-10-17)5-3-8-15-13/h3,5,8,11,17H,7,9-10H2,1-2H3,(H,16,18). The largest absolute Gasteiger partial charge is 0.384 e. The summed E-state index contributed by atoms with van der Waals surface area (Å²) in [6.45, 7) is 2.04. The molecule has 0 saturated heterocycles. The Hall–Kier alpha value is -1.71. The fourth-order valence-electron chi connectivity index (χ4n) is 1.46. The van der Waals surface area contributed by atoms with Crippen LogP contribution in [0.3, 0.4) is 0 Å². The summed E-state index contributed by atoms with van der Waals surface area (Å²) in [7, 11) is -0.895. The highest BCUT2D eigenvalue weighted by molar-refractivity contribution is 7.84. The van der Waals surface area contributed by atoms with E-state index in [4.69, 9.17) is 5.11 Å². The Labute approximate surface area is 121 Å². The molecule has 20 heavy (non-hydrogen) atoms. The number of aromatic nitrogens is 1. The van der Waals surface area contributed by atoms with E-state index in [0.717, 1.165) is 0 Å². The van der Waals surface area contributed by atoms with Crippen LogP contribution in [0.15, 0.2) is 18.3 Å². The Bertz CT molecular complexity index is 549. The van der Waals surface area contributed by atoms with E-state index in [1.807, 2.05) is 6.92 Å². The second-order valence-electron chi connectivity index (χ2n) is 4.21. The van der Waals surface area contributed by atoms with E-state index in [1.165, 1.54) is 6.20 Å². The van der Waals surface area contributed by atoms with E-state index in [1.54, 1.807) is 18.4 Å². The van der Waals surface area contributed by atoms with Gasteiger partial charge in [-0.15, -0.1) is 0 Å². The van der Waals surface area contributed by atoms with Gasteiger partial charge in [-0.3, -0.25) is 9.00 Å². The van der Waals surface area contributed by atoms with E-state index < -0.39 is 10.8 Å². The predicted octanol–water partition coefficient (Wildman–Crippen LogP) is 0.312. The van der Waals surface area contributed by atoms with Gasteiger partial charge in [0.2, 0.25) is 0 Å². The maximum Gasteiger partial charge on any atom is 0.271 e. The van der Waals surface area contributed by atoms with Crippen LogP contribution in [0, 0.1) is 11.8 Å². The number of aliphatic hydroxyl groups excluding tert-OH is 1.